The highest BCUT2D eigenvalue weighted by atomic mass is 127. The number of nitriles is 1. The predicted molar refractivity (Wildman–Crippen MR) is 59.4 cm³/mol. The smallest absolute Gasteiger partial charge is 0.101 e. The van der Waals surface area contributed by atoms with E-state index in [1.165, 1.54) is 0 Å². The Kier molecular flexibility index (Phi) is 3.70. The minimum atomic E-state index is 0.0318. The van der Waals surface area contributed by atoms with Gasteiger partial charge in [0.1, 0.15) is 6.07 Å². The summed E-state index contributed by atoms with van der Waals surface area (Å²) in [6, 6.07) is 7.85. The van der Waals surface area contributed by atoms with E-state index in [9.17, 15) is 0 Å². The fourth-order valence-corrected chi connectivity index (χ4v) is 1.81. The monoisotopic (exact) mass is 287 g/mol. The quantitative estimate of drug-likeness (QED) is 0.848. The minimum Gasteiger partial charge on any atom is -0.396 e. The predicted octanol–water partition coefficient (Wildman–Crippen LogP) is 2.26. The van der Waals surface area contributed by atoms with E-state index in [0.29, 0.717) is 5.56 Å². The standard InChI is InChI=1S/C10H10INO/c1-7(6-13)8-3-2-4-10(11)9(8)5-12/h2-4,7,13H,6H2,1H3. The minimum absolute atomic E-state index is 0.0318. The number of aliphatic hydroxyl groups is 1. The first kappa shape index (κ1) is 10.5. The van der Waals surface area contributed by atoms with Gasteiger partial charge < -0.3 is 5.11 Å². The molecule has 0 bridgehead atoms. The molecule has 0 saturated carbocycles. The van der Waals surface area contributed by atoms with Gasteiger partial charge in [0.25, 0.3) is 0 Å². The van der Waals surface area contributed by atoms with E-state index in [1.54, 1.807) is 0 Å². The van der Waals surface area contributed by atoms with Gasteiger partial charge in [-0.3, -0.25) is 0 Å². The maximum Gasteiger partial charge on any atom is 0.101 e. The lowest BCUT2D eigenvalue weighted by molar-refractivity contribution is 0.273. The van der Waals surface area contributed by atoms with Crippen molar-refractivity contribution in [3.05, 3.63) is 32.9 Å². The third kappa shape index (κ3) is 2.20. The van der Waals surface area contributed by atoms with Crippen molar-refractivity contribution in [2.75, 3.05) is 6.61 Å². The van der Waals surface area contributed by atoms with Crippen LogP contribution in [0.15, 0.2) is 18.2 Å². The molecule has 2 nitrogen and oxygen atoms in total. The molecule has 3 heteroatoms. The highest BCUT2D eigenvalue weighted by molar-refractivity contribution is 14.1. The summed E-state index contributed by atoms with van der Waals surface area (Å²) in [4.78, 5) is 0. The Morgan fingerprint density at radius 2 is 2.31 bits per heavy atom. The number of benzene rings is 1. The summed E-state index contributed by atoms with van der Waals surface area (Å²) < 4.78 is 0.943. The molecule has 0 heterocycles. The summed E-state index contributed by atoms with van der Waals surface area (Å²) in [6.45, 7) is 1.99. The van der Waals surface area contributed by atoms with Crippen molar-refractivity contribution in [2.45, 2.75) is 12.8 Å². The maximum atomic E-state index is 8.99. The van der Waals surface area contributed by atoms with Crippen LogP contribution < -0.4 is 0 Å². The molecule has 1 atom stereocenters. The van der Waals surface area contributed by atoms with Crippen LogP contribution >= 0.6 is 22.6 Å². The van der Waals surface area contributed by atoms with Crippen LogP contribution in [0.4, 0.5) is 0 Å². The second kappa shape index (κ2) is 4.58. The third-order valence-corrected chi connectivity index (χ3v) is 2.86. The lowest BCUT2D eigenvalue weighted by atomic mass is 9.97. The van der Waals surface area contributed by atoms with Crippen molar-refractivity contribution in [3.63, 3.8) is 0 Å². The number of hydrogen-bond donors (Lipinski definition) is 1. The number of aliphatic hydroxyl groups excluding tert-OH is 1. The second-order valence-electron chi connectivity index (χ2n) is 2.90. The van der Waals surface area contributed by atoms with Crippen LogP contribution in [0.5, 0.6) is 0 Å². The van der Waals surface area contributed by atoms with E-state index in [1.807, 2.05) is 25.1 Å². The van der Waals surface area contributed by atoms with Gasteiger partial charge in [-0.05, 0) is 34.2 Å². The number of hydrogen-bond acceptors (Lipinski definition) is 2. The SMILES string of the molecule is CC(CO)c1cccc(I)c1C#N. The molecule has 0 aliphatic heterocycles. The normalized spacial score (nSPS) is 12.2. The van der Waals surface area contributed by atoms with Crippen molar-refractivity contribution >= 4 is 22.6 Å². The molecule has 1 N–H and O–H groups in total. The lowest BCUT2D eigenvalue weighted by Crippen LogP contribution is -2.02. The van der Waals surface area contributed by atoms with Gasteiger partial charge in [-0.15, -0.1) is 0 Å². The van der Waals surface area contributed by atoms with Gasteiger partial charge in [-0.1, -0.05) is 19.1 Å². The van der Waals surface area contributed by atoms with Crippen molar-refractivity contribution in [2.24, 2.45) is 0 Å². The summed E-state index contributed by atoms with van der Waals surface area (Å²) in [5.74, 6) is 0.0318. The zero-order valence-electron chi connectivity index (χ0n) is 7.29. The van der Waals surface area contributed by atoms with Gasteiger partial charge in [-0.25, -0.2) is 0 Å². The third-order valence-electron chi connectivity index (χ3n) is 1.96. The molecule has 0 aromatic heterocycles. The molecule has 1 unspecified atom stereocenters. The molecule has 0 fully saturated rings. The van der Waals surface area contributed by atoms with Crippen LogP contribution in [0, 0.1) is 14.9 Å². The Morgan fingerprint density at radius 3 is 2.85 bits per heavy atom. The van der Waals surface area contributed by atoms with Gasteiger partial charge in [0.05, 0.1) is 5.56 Å². The number of rotatable bonds is 2. The van der Waals surface area contributed by atoms with Crippen LogP contribution in [0.2, 0.25) is 0 Å². The molecule has 0 aliphatic carbocycles. The van der Waals surface area contributed by atoms with Gasteiger partial charge in [0.2, 0.25) is 0 Å². The second-order valence-corrected chi connectivity index (χ2v) is 4.06. The van der Waals surface area contributed by atoms with E-state index in [-0.39, 0.29) is 12.5 Å². The number of nitrogens with zero attached hydrogens (tertiary/aromatic N) is 1. The van der Waals surface area contributed by atoms with Crippen molar-refractivity contribution in [1.82, 2.24) is 0 Å². The molecule has 13 heavy (non-hydrogen) atoms. The topological polar surface area (TPSA) is 44.0 Å². The van der Waals surface area contributed by atoms with Crippen LogP contribution in [0.25, 0.3) is 0 Å². The Labute approximate surface area is 91.3 Å². The maximum absolute atomic E-state index is 8.99. The molecule has 0 radical (unpaired) electrons. The van der Waals surface area contributed by atoms with Crippen LogP contribution in [0.3, 0.4) is 0 Å². The van der Waals surface area contributed by atoms with E-state index >= 15 is 0 Å². The van der Waals surface area contributed by atoms with E-state index in [2.05, 4.69) is 28.7 Å². The summed E-state index contributed by atoms with van der Waals surface area (Å²) >= 11 is 2.13. The van der Waals surface area contributed by atoms with E-state index in [0.717, 1.165) is 9.13 Å². The van der Waals surface area contributed by atoms with Gasteiger partial charge in [0, 0.05) is 16.1 Å². The van der Waals surface area contributed by atoms with Gasteiger partial charge in [0.15, 0.2) is 0 Å². The highest BCUT2D eigenvalue weighted by Gasteiger charge is 2.11. The van der Waals surface area contributed by atoms with Crippen molar-refractivity contribution < 1.29 is 5.11 Å². The largest absolute Gasteiger partial charge is 0.396 e. The fraction of sp³-hybridized carbons (Fsp3) is 0.300. The molecule has 0 spiro atoms. The average Bonchev–Trinajstić information content (AvgIpc) is 2.16. The summed E-state index contributed by atoms with van der Waals surface area (Å²) in [6.07, 6.45) is 0. The Hall–Kier alpha value is -0.600. The van der Waals surface area contributed by atoms with Gasteiger partial charge in [-0.2, -0.15) is 5.26 Å². The molecule has 1 rings (SSSR count). The molecule has 68 valence electrons. The summed E-state index contributed by atoms with van der Waals surface area (Å²) in [5, 5.41) is 17.9. The fourth-order valence-electron chi connectivity index (χ4n) is 1.17. The molecule has 1 aromatic carbocycles. The highest BCUT2D eigenvalue weighted by Crippen LogP contribution is 2.22. The Balaban J connectivity index is 3.22. The average molecular weight is 287 g/mol. The molecular formula is C10H10INO. The molecule has 0 amide bonds. The van der Waals surface area contributed by atoms with Crippen LogP contribution in [-0.4, -0.2) is 11.7 Å². The molecular weight excluding hydrogens is 277 g/mol. The first-order valence-electron chi connectivity index (χ1n) is 4.00. The molecule has 1 aromatic rings. The van der Waals surface area contributed by atoms with E-state index in [4.69, 9.17) is 10.4 Å². The van der Waals surface area contributed by atoms with E-state index < -0.39 is 0 Å². The lowest BCUT2D eigenvalue weighted by Gasteiger charge is -2.10. The summed E-state index contributed by atoms with van der Waals surface area (Å²) in [7, 11) is 0. The Morgan fingerprint density at radius 1 is 1.62 bits per heavy atom. The first-order chi connectivity index (χ1) is 6.20. The van der Waals surface area contributed by atoms with Gasteiger partial charge >= 0.3 is 0 Å². The zero-order chi connectivity index (χ0) is 9.84. The number of halogens is 1. The van der Waals surface area contributed by atoms with Crippen molar-refractivity contribution in [1.29, 1.82) is 5.26 Å². The first-order valence-corrected chi connectivity index (χ1v) is 5.08. The molecule has 0 saturated heterocycles. The summed E-state index contributed by atoms with van der Waals surface area (Å²) in [5.41, 5.74) is 1.61. The zero-order valence-corrected chi connectivity index (χ0v) is 9.45. The van der Waals surface area contributed by atoms with Crippen LogP contribution in [0.1, 0.15) is 24.0 Å². The van der Waals surface area contributed by atoms with Crippen LogP contribution in [-0.2, 0) is 0 Å². The Bertz CT molecular complexity index is 343. The van der Waals surface area contributed by atoms with Crippen molar-refractivity contribution in [3.8, 4) is 6.07 Å². The molecule has 0 aliphatic rings.